The van der Waals surface area contributed by atoms with Crippen molar-refractivity contribution >= 4 is 30.1 Å². The summed E-state index contributed by atoms with van der Waals surface area (Å²) in [6, 6.07) is 8.77. The molecule has 0 unspecified atom stereocenters. The van der Waals surface area contributed by atoms with Crippen molar-refractivity contribution in [3.05, 3.63) is 34.9 Å². The first kappa shape index (κ1) is 23.2. The van der Waals surface area contributed by atoms with Crippen LogP contribution in [0.4, 0.5) is 4.79 Å². The summed E-state index contributed by atoms with van der Waals surface area (Å²) in [6.45, 7) is 5.76. The minimum absolute atomic E-state index is 0. The molecule has 2 fully saturated rings. The fourth-order valence-electron chi connectivity index (χ4n) is 3.75. The van der Waals surface area contributed by atoms with E-state index in [9.17, 15) is 4.79 Å². The molecule has 28 heavy (non-hydrogen) atoms. The third kappa shape index (κ3) is 6.22. The molecule has 2 aliphatic heterocycles. The second kappa shape index (κ2) is 11.2. The maximum Gasteiger partial charge on any atom is 0.411 e. The predicted octanol–water partition coefficient (Wildman–Crippen LogP) is 3.17. The lowest BCUT2D eigenvalue weighted by molar-refractivity contribution is -0.178. The van der Waals surface area contributed by atoms with Gasteiger partial charge in [-0.15, -0.1) is 12.4 Å². The molecule has 158 valence electrons. The van der Waals surface area contributed by atoms with Crippen LogP contribution in [0, 0.1) is 0 Å². The number of halogens is 2. The molecule has 0 bridgehead atoms. The van der Waals surface area contributed by atoms with Gasteiger partial charge in [-0.2, -0.15) is 0 Å². The molecule has 1 amide bonds. The van der Waals surface area contributed by atoms with Gasteiger partial charge in [0, 0.05) is 30.7 Å². The molecular weight excluding hydrogens is 401 g/mol. The van der Waals surface area contributed by atoms with E-state index in [0.29, 0.717) is 25.7 Å². The highest BCUT2D eigenvalue weighted by molar-refractivity contribution is 6.30. The summed E-state index contributed by atoms with van der Waals surface area (Å²) in [7, 11) is 1.74. The molecule has 0 aromatic heterocycles. The zero-order valence-electron chi connectivity index (χ0n) is 16.6. The minimum atomic E-state index is -0.511. The van der Waals surface area contributed by atoms with Crippen molar-refractivity contribution in [2.45, 2.75) is 44.6 Å². The van der Waals surface area contributed by atoms with Crippen LogP contribution in [0.15, 0.2) is 24.3 Å². The van der Waals surface area contributed by atoms with Crippen LogP contribution in [0.3, 0.4) is 0 Å². The Labute approximate surface area is 178 Å². The van der Waals surface area contributed by atoms with E-state index in [-0.39, 0.29) is 24.5 Å². The van der Waals surface area contributed by atoms with Gasteiger partial charge in [-0.05, 0) is 57.0 Å². The third-order valence-corrected chi connectivity index (χ3v) is 5.74. The van der Waals surface area contributed by atoms with E-state index >= 15 is 0 Å². The molecule has 0 aliphatic carbocycles. The Morgan fingerprint density at radius 1 is 1.32 bits per heavy atom. The van der Waals surface area contributed by atoms with Gasteiger partial charge < -0.3 is 19.7 Å². The molecule has 1 aromatic carbocycles. The summed E-state index contributed by atoms with van der Waals surface area (Å²) in [5, 5.41) is 4.18. The average molecular weight is 432 g/mol. The number of nitrogens with zero attached hydrogens (tertiary/aromatic N) is 2. The number of carbonyl (C=O) groups excluding carboxylic acids is 1. The Morgan fingerprint density at radius 2 is 2.00 bits per heavy atom. The van der Waals surface area contributed by atoms with E-state index in [0.717, 1.165) is 37.4 Å². The van der Waals surface area contributed by atoms with Crippen LogP contribution in [0.1, 0.15) is 25.3 Å². The van der Waals surface area contributed by atoms with Crippen LogP contribution in [0.5, 0.6) is 0 Å². The fraction of sp³-hybridized carbons (Fsp3) is 0.650. The molecule has 1 N–H and O–H groups in total. The number of rotatable bonds is 5. The summed E-state index contributed by atoms with van der Waals surface area (Å²) < 4.78 is 11.5. The van der Waals surface area contributed by atoms with Gasteiger partial charge in [-0.1, -0.05) is 23.7 Å². The molecule has 3 rings (SSSR count). The van der Waals surface area contributed by atoms with Crippen LogP contribution in [0.25, 0.3) is 0 Å². The number of benzene rings is 1. The van der Waals surface area contributed by atoms with Gasteiger partial charge in [0.05, 0.1) is 13.2 Å². The molecule has 8 heteroatoms. The van der Waals surface area contributed by atoms with Gasteiger partial charge in [0.2, 0.25) is 6.29 Å². The number of nitrogens with one attached hydrogen (secondary N) is 1. The summed E-state index contributed by atoms with van der Waals surface area (Å²) in [5.74, 6) is 0. The second-order valence-electron chi connectivity index (χ2n) is 7.32. The highest BCUT2D eigenvalue weighted by Gasteiger charge is 2.36. The largest absolute Gasteiger partial charge is 0.418 e. The van der Waals surface area contributed by atoms with E-state index in [1.54, 1.807) is 11.9 Å². The minimum Gasteiger partial charge on any atom is -0.418 e. The van der Waals surface area contributed by atoms with E-state index in [1.165, 1.54) is 5.56 Å². The van der Waals surface area contributed by atoms with Gasteiger partial charge in [-0.25, -0.2) is 4.79 Å². The molecule has 0 radical (unpaired) electrons. The van der Waals surface area contributed by atoms with Crippen LogP contribution < -0.4 is 5.32 Å². The van der Waals surface area contributed by atoms with Crippen molar-refractivity contribution in [2.75, 3.05) is 39.8 Å². The Morgan fingerprint density at radius 3 is 2.64 bits per heavy atom. The summed E-state index contributed by atoms with van der Waals surface area (Å²) in [6.07, 6.45) is 2.27. The molecule has 2 atom stereocenters. The summed E-state index contributed by atoms with van der Waals surface area (Å²) in [5.41, 5.74) is 1.24. The molecule has 6 nitrogen and oxygen atoms in total. The van der Waals surface area contributed by atoms with E-state index < -0.39 is 6.29 Å². The average Bonchev–Trinajstić information content (AvgIpc) is 2.70. The fourth-order valence-corrected chi connectivity index (χ4v) is 3.87. The molecule has 0 saturated carbocycles. The lowest BCUT2D eigenvalue weighted by Gasteiger charge is -2.45. The van der Waals surface area contributed by atoms with Crippen LogP contribution >= 0.6 is 24.0 Å². The van der Waals surface area contributed by atoms with Crippen molar-refractivity contribution < 1.29 is 14.3 Å². The van der Waals surface area contributed by atoms with E-state index in [2.05, 4.69) is 22.3 Å². The van der Waals surface area contributed by atoms with Gasteiger partial charge in [0.25, 0.3) is 0 Å². The van der Waals surface area contributed by atoms with Gasteiger partial charge in [-0.3, -0.25) is 4.90 Å². The highest BCUT2D eigenvalue weighted by Crippen LogP contribution is 2.24. The SMILES string of the molecule is CCN(C)C(=O)O[C@@H]1CN(C2CCNCC2)[C@@H](Cc2ccc(Cl)cc2)CO1.Cl. The molecular formula is C20H31Cl2N3O3. The maximum absolute atomic E-state index is 12.1. The Balaban J connectivity index is 0.00000280. The number of hydrogen-bond donors (Lipinski definition) is 1. The number of morpholine rings is 1. The van der Waals surface area contributed by atoms with Crippen molar-refractivity contribution in [2.24, 2.45) is 0 Å². The normalized spacial score (nSPS) is 23.7. The summed E-state index contributed by atoms with van der Waals surface area (Å²) >= 11 is 6.02. The highest BCUT2D eigenvalue weighted by atomic mass is 35.5. The first-order valence-corrected chi connectivity index (χ1v) is 10.2. The number of piperidine rings is 1. The molecule has 0 spiro atoms. The number of amides is 1. The first-order chi connectivity index (χ1) is 13.1. The smallest absolute Gasteiger partial charge is 0.411 e. The van der Waals surface area contributed by atoms with Gasteiger partial charge in [0.15, 0.2) is 0 Å². The van der Waals surface area contributed by atoms with Crippen molar-refractivity contribution in [3.8, 4) is 0 Å². The number of ether oxygens (including phenoxy) is 2. The van der Waals surface area contributed by atoms with E-state index in [4.69, 9.17) is 21.1 Å². The zero-order chi connectivity index (χ0) is 19.2. The van der Waals surface area contributed by atoms with Crippen LogP contribution in [-0.4, -0.2) is 74.1 Å². The summed E-state index contributed by atoms with van der Waals surface area (Å²) in [4.78, 5) is 16.2. The van der Waals surface area contributed by atoms with Gasteiger partial charge >= 0.3 is 6.09 Å². The quantitative estimate of drug-likeness (QED) is 0.775. The number of carbonyl (C=O) groups is 1. The molecule has 2 heterocycles. The molecule has 1 aromatic rings. The van der Waals surface area contributed by atoms with Crippen LogP contribution in [-0.2, 0) is 15.9 Å². The third-order valence-electron chi connectivity index (χ3n) is 5.48. The Hall–Kier alpha value is -1.05. The maximum atomic E-state index is 12.1. The van der Waals surface area contributed by atoms with Gasteiger partial charge in [0.1, 0.15) is 0 Å². The molecule has 2 aliphatic rings. The first-order valence-electron chi connectivity index (χ1n) is 9.81. The number of hydrogen-bond acceptors (Lipinski definition) is 5. The van der Waals surface area contributed by atoms with E-state index in [1.807, 2.05) is 19.1 Å². The second-order valence-corrected chi connectivity index (χ2v) is 7.76. The van der Waals surface area contributed by atoms with Crippen molar-refractivity contribution in [3.63, 3.8) is 0 Å². The standard InChI is InChI=1S/C20H30ClN3O3.ClH/c1-3-23(2)20(25)27-19-13-24(17-8-10-22-11-9-17)18(14-26-19)12-15-4-6-16(21)7-5-15;/h4-7,17-19,22H,3,8-14H2,1-2H3;1H/t18-,19+;/m0./s1. The lowest BCUT2D eigenvalue weighted by Crippen LogP contribution is -2.57. The zero-order valence-corrected chi connectivity index (χ0v) is 18.2. The topological polar surface area (TPSA) is 54.0 Å². The molecule has 2 saturated heterocycles. The Kier molecular flexibility index (Phi) is 9.31. The van der Waals surface area contributed by atoms with Crippen LogP contribution in [0.2, 0.25) is 5.02 Å². The lowest BCUT2D eigenvalue weighted by atomic mass is 9.98. The Bertz CT molecular complexity index is 611. The van der Waals surface area contributed by atoms with Crippen molar-refractivity contribution in [1.29, 1.82) is 0 Å². The monoisotopic (exact) mass is 431 g/mol. The van der Waals surface area contributed by atoms with Crippen molar-refractivity contribution in [1.82, 2.24) is 15.1 Å². The predicted molar refractivity (Wildman–Crippen MR) is 113 cm³/mol.